The molecule has 35 heavy (non-hydrogen) atoms. The maximum absolute atomic E-state index is 13.5. The monoisotopic (exact) mass is 488 g/mol. The van der Waals surface area contributed by atoms with E-state index >= 15 is 0 Å². The molecule has 8 heteroatoms. The Labute approximate surface area is 204 Å². The second-order valence-corrected chi connectivity index (χ2v) is 10.0. The first-order chi connectivity index (χ1) is 17.0. The first-order valence-corrected chi connectivity index (χ1v) is 12.6. The van der Waals surface area contributed by atoms with Crippen molar-refractivity contribution >= 4 is 32.4 Å². The normalized spacial score (nSPS) is 15.2. The van der Waals surface area contributed by atoms with E-state index in [-0.39, 0.29) is 17.3 Å². The Hall–Kier alpha value is -4.04. The van der Waals surface area contributed by atoms with Gasteiger partial charge in [0.15, 0.2) is 6.10 Å². The van der Waals surface area contributed by atoms with E-state index in [0.717, 1.165) is 16.3 Å². The minimum absolute atomic E-state index is 0.102. The Morgan fingerprint density at radius 3 is 2.46 bits per heavy atom. The predicted octanol–water partition coefficient (Wildman–Crippen LogP) is 4.12. The summed E-state index contributed by atoms with van der Waals surface area (Å²) in [4.78, 5) is 13.2. The van der Waals surface area contributed by atoms with E-state index in [2.05, 4.69) is 5.32 Å². The molecule has 178 valence electrons. The lowest BCUT2D eigenvalue weighted by Crippen LogP contribution is -2.50. The first kappa shape index (κ1) is 22.7. The van der Waals surface area contributed by atoms with Crippen LogP contribution < -0.4 is 19.1 Å². The van der Waals surface area contributed by atoms with Crippen molar-refractivity contribution in [3.8, 4) is 11.5 Å². The minimum Gasteiger partial charge on any atom is -0.497 e. The van der Waals surface area contributed by atoms with Crippen molar-refractivity contribution in [2.24, 2.45) is 0 Å². The highest BCUT2D eigenvalue weighted by Gasteiger charge is 2.37. The minimum atomic E-state index is -3.94. The van der Waals surface area contributed by atoms with Crippen LogP contribution in [0, 0.1) is 0 Å². The quantitative estimate of drug-likeness (QED) is 0.441. The van der Waals surface area contributed by atoms with Gasteiger partial charge < -0.3 is 14.8 Å². The molecule has 0 fully saturated rings. The molecular formula is C27H24N2O5S. The number of anilines is 1. The van der Waals surface area contributed by atoms with Crippen LogP contribution in [0.5, 0.6) is 11.5 Å². The molecule has 5 rings (SSSR count). The van der Waals surface area contributed by atoms with E-state index in [1.807, 2.05) is 42.5 Å². The predicted molar refractivity (Wildman–Crippen MR) is 134 cm³/mol. The number of nitrogens with one attached hydrogen (secondary N) is 1. The summed E-state index contributed by atoms with van der Waals surface area (Å²) in [6, 6.07) is 26.9. The molecule has 0 aliphatic carbocycles. The summed E-state index contributed by atoms with van der Waals surface area (Å²) in [6.07, 6.45) is -1.00. The molecule has 1 heterocycles. The van der Waals surface area contributed by atoms with Gasteiger partial charge >= 0.3 is 0 Å². The molecule has 4 aromatic rings. The highest BCUT2D eigenvalue weighted by molar-refractivity contribution is 7.92. The van der Waals surface area contributed by atoms with Gasteiger partial charge in [-0.15, -0.1) is 0 Å². The van der Waals surface area contributed by atoms with Gasteiger partial charge in [0.05, 0.1) is 24.2 Å². The van der Waals surface area contributed by atoms with E-state index in [1.165, 1.54) is 23.5 Å². The van der Waals surface area contributed by atoms with Crippen LogP contribution in [0.3, 0.4) is 0 Å². The van der Waals surface area contributed by atoms with E-state index in [4.69, 9.17) is 9.47 Å². The van der Waals surface area contributed by atoms with Gasteiger partial charge in [-0.1, -0.05) is 48.5 Å². The largest absolute Gasteiger partial charge is 0.497 e. The van der Waals surface area contributed by atoms with Gasteiger partial charge in [-0.05, 0) is 58.8 Å². The molecule has 0 unspecified atom stereocenters. The molecule has 4 aromatic carbocycles. The summed E-state index contributed by atoms with van der Waals surface area (Å²) in [5.74, 6) is 0.501. The van der Waals surface area contributed by atoms with Crippen LogP contribution in [0.15, 0.2) is 95.9 Å². The molecule has 0 saturated heterocycles. The standard InChI is InChI=1S/C27H24N2O5S/c1-33-22-12-14-23(15-13-22)35(31,32)29-18-26(34-25-9-5-4-8-24(25)29)27(30)28-17-19-10-11-20-6-2-3-7-21(20)16-19/h2-16,26H,17-18H2,1H3,(H,28,30)/t26-/m0/s1. The number of sulfonamides is 1. The maximum Gasteiger partial charge on any atom is 0.264 e. The Morgan fingerprint density at radius 1 is 0.971 bits per heavy atom. The van der Waals surface area contributed by atoms with Crippen LogP contribution in [-0.2, 0) is 21.4 Å². The van der Waals surface area contributed by atoms with E-state index in [1.54, 1.807) is 36.4 Å². The molecule has 1 N–H and O–H groups in total. The SMILES string of the molecule is COc1ccc(S(=O)(=O)N2C[C@@H](C(=O)NCc3ccc4ccccc4c3)Oc3ccccc32)cc1. The molecule has 1 amide bonds. The second kappa shape index (κ2) is 9.31. The number of ether oxygens (including phenoxy) is 2. The molecule has 0 bridgehead atoms. The van der Waals surface area contributed by atoms with Gasteiger partial charge in [0.1, 0.15) is 11.5 Å². The number of nitrogens with zero attached hydrogens (tertiary/aromatic N) is 1. The molecular weight excluding hydrogens is 464 g/mol. The fraction of sp³-hybridized carbons (Fsp3) is 0.148. The average molecular weight is 489 g/mol. The number of methoxy groups -OCH3 is 1. The van der Waals surface area contributed by atoms with Crippen molar-refractivity contribution in [1.29, 1.82) is 0 Å². The van der Waals surface area contributed by atoms with Gasteiger partial charge in [0.25, 0.3) is 15.9 Å². The lowest BCUT2D eigenvalue weighted by molar-refractivity contribution is -0.127. The fourth-order valence-corrected chi connectivity index (χ4v) is 5.57. The van der Waals surface area contributed by atoms with Crippen LogP contribution in [-0.4, -0.2) is 34.1 Å². The average Bonchev–Trinajstić information content (AvgIpc) is 2.91. The molecule has 0 saturated carbocycles. The van der Waals surface area contributed by atoms with Crippen molar-refractivity contribution in [3.63, 3.8) is 0 Å². The number of benzene rings is 4. The third-order valence-corrected chi connectivity index (χ3v) is 7.75. The number of hydrogen-bond donors (Lipinski definition) is 1. The topological polar surface area (TPSA) is 84.9 Å². The van der Waals surface area contributed by atoms with Crippen molar-refractivity contribution in [2.45, 2.75) is 17.5 Å². The summed E-state index contributed by atoms with van der Waals surface area (Å²) in [7, 11) is -2.42. The third-order valence-electron chi connectivity index (χ3n) is 5.96. The Balaban J connectivity index is 1.37. The van der Waals surface area contributed by atoms with Gasteiger partial charge in [-0.3, -0.25) is 9.10 Å². The highest BCUT2D eigenvalue weighted by Crippen LogP contribution is 2.37. The maximum atomic E-state index is 13.5. The molecule has 1 aliphatic rings. The number of fused-ring (bicyclic) bond motifs is 2. The second-order valence-electron chi connectivity index (χ2n) is 8.19. The number of amides is 1. The zero-order valence-corrected chi connectivity index (χ0v) is 19.9. The number of rotatable bonds is 6. The summed E-state index contributed by atoms with van der Waals surface area (Å²) in [6.45, 7) is 0.158. The van der Waals surface area contributed by atoms with Gasteiger partial charge in [-0.25, -0.2) is 8.42 Å². The molecule has 1 atom stereocenters. The number of carbonyl (C=O) groups excluding carboxylic acids is 1. The number of hydrogen-bond acceptors (Lipinski definition) is 5. The highest BCUT2D eigenvalue weighted by atomic mass is 32.2. The van der Waals surface area contributed by atoms with E-state index in [0.29, 0.717) is 23.7 Å². The Kier molecular flexibility index (Phi) is 6.05. The number of carbonyl (C=O) groups is 1. The van der Waals surface area contributed by atoms with Crippen LogP contribution in [0.1, 0.15) is 5.56 Å². The van der Waals surface area contributed by atoms with E-state index < -0.39 is 16.1 Å². The van der Waals surface area contributed by atoms with Crippen molar-refractivity contribution < 1.29 is 22.7 Å². The summed E-state index contributed by atoms with van der Waals surface area (Å²) in [5.41, 5.74) is 1.33. The summed E-state index contributed by atoms with van der Waals surface area (Å²) >= 11 is 0. The smallest absolute Gasteiger partial charge is 0.264 e. The number of para-hydroxylation sites is 2. The van der Waals surface area contributed by atoms with Gasteiger partial charge in [0.2, 0.25) is 0 Å². The van der Waals surface area contributed by atoms with Crippen molar-refractivity contribution in [2.75, 3.05) is 18.0 Å². The fourth-order valence-electron chi connectivity index (χ4n) is 4.09. The van der Waals surface area contributed by atoms with Crippen LogP contribution in [0.25, 0.3) is 10.8 Å². The first-order valence-electron chi connectivity index (χ1n) is 11.1. The zero-order valence-electron chi connectivity index (χ0n) is 19.0. The lowest BCUT2D eigenvalue weighted by Gasteiger charge is -2.34. The summed E-state index contributed by atoms with van der Waals surface area (Å²) < 4.78 is 39.3. The molecule has 0 spiro atoms. The van der Waals surface area contributed by atoms with Crippen LogP contribution >= 0.6 is 0 Å². The van der Waals surface area contributed by atoms with Crippen molar-refractivity contribution in [3.05, 3.63) is 96.6 Å². The summed E-state index contributed by atoms with van der Waals surface area (Å²) in [5, 5.41) is 5.09. The Morgan fingerprint density at radius 2 is 1.69 bits per heavy atom. The lowest BCUT2D eigenvalue weighted by atomic mass is 10.1. The van der Waals surface area contributed by atoms with Crippen LogP contribution in [0.4, 0.5) is 5.69 Å². The Bertz CT molecular complexity index is 1490. The third kappa shape index (κ3) is 4.52. The molecule has 0 radical (unpaired) electrons. The molecule has 0 aromatic heterocycles. The van der Waals surface area contributed by atoms with Crippen LogP contribution in [0.2, 0.25) is 0 Å². The molecule has 7 nitrogen and oxygen atoms in total. The van der Waals surface area contributed by atoms with Gasteiger partial charge in [-0.2, -0.15) is 0 Å². The van der Waals surface area contributed by atoms with E-state index in [9.17, 15) is 13.2 Å². The van der Waals surface area contributed by atoms with Gasteiger partial charge in [0, 0.05) is 6.54 Å². The molecule has 1 aliphatic heterocycles. The van der Waals surface area contributed by atoms with Crippen molar-refractivity contribution in [1.82, 2.24) is 5.32 Å². The zero-order chi connectivity index (χ0) is 24.4.